The van der Waals surface area contributed by atoms with E-state index in [0.717, 1.165) is 29.7 Å². The van der Waals surface area contributed by atoms with Crippen LogP contribution in [0.1, 0.15) is 34.8 Å². The number of anilines is 1. The standard InChI is InChI=1S/C20H22N2O3/c1-2-21(14-15-7-4-3-5-8-15)20(25)22-12-6-9-16-13-17(19(23)24)10-11-18(16)22/h3-5,7-8,10-11,13H,2,6,9,12,14H2,1H3,(H,23,24). The normalized spacial score (nSPS) is 13.2. The predicted molar refractivity (Wildman–Crippen MR) is 97.0 cm³/mol. The van der Waals surface area contributed by atoms with E-state index < -0.39 is 5.97 Å². The van der Waals surface area contributed by atoms with Crippen LogP contribution in [0.25, 0.3) is 0 Å². The van der Waals surface area contributed by atoms with E-state index in [0.29, 0.717) is 19.6 Å². The summed E-state index contributed by atoms with van der Waals surface area (Å²) in [6.45, 7) is 3.81. The summed E-state index contributed by atoms with van der Waals surface area (Å²) in [5.41, 5.74) is 3.11. The van der Waals surface area contributed by atoms with Crippen molar-refractivity contribution < 1.29 is 14.7 Å². The molecule has 1 heterocycles. The monoisotopic (exact) mass is 338 g/mol. The van der Waals surface area contributed by atoms with Crippen LogP contribution < -0.4 is 4.90 Å². The van der Waals surface area contributed by atoms with Gasteiger partial charge in [-0.1, -0.05) is 30.3 Å². The molecule has 1 aliphatic heterocycles. The van der Waals surface area contributed by atoms with E-state index in [9.17, 15) is 9.59 Å². The number of rotatable bonds is 4. The summed E-state index contributed by atoms with van der Waals surface area (Å²) in [5.74, 6) is -0.939. The van der Waals surface area contributed by atoms with Crippen molar-refractivity contribution in [2.75, 3.05) is 18.0 Å². The third kappa shape index (κ3) is 3.65. The third-order valence-electron chi connectivity index (χ3n) is 4.54. The van der Waals surface area contributed by atoms with Crippen LogP contribution >= 0.6 is 0 Å². The number of fused-ring (bicyclic) bond motifs is 1. The zero-order valence-electron chi connectivity index (χ0n) is 14.3. The molecule has 0 unspecified atom stereocenters. The van der Waals surface area contributed by atoms with Gasteiger partial charge in [-0.25, -0.2) is 9.59 Å². The van der Waals surface area contributed by atoms with Gasteiger partial charge in [0.15, 0.2) is 0 Å². The van der Waals surface area contributed by atoms with Gasteiger partial charge in [-0.3, -0.25) is 4.90 Å². The number of hydrogen-bond donors (Lipinski definition) is 1. The molecule has 2 aromatic rings. The average molecular weight is 338 g/mol. The first-order valence-corrected chi connectivity index (χ1v) is 8.56. The third-order valence-corrected chi connectivity index (χ3v) is 4.54. The molecule has 0 radical (unpaired) electrons. The molecule has 0 saturated carbocycles. The van der Waals surface area contributed by atoms with Gasteiger partial charge >= 0.3 is 12.0 Å². The van der Waals surface area contributed by atoms with Crippen LogP contribution in [0.3, 0.4) is 0 Å². The summed E-state index contributed by atoms with van der Waals surface area (Å²) in [6.07, 6.45) is 1.63. The average Bonchev–Trinajstić information content (AvgIpc) is 2.65. The highest BCUT2D eigenvalue weighted by molar-refractivity contribution is 5.95. The van der Waals surface area contributed by atoms with Gasteiger partial charge in [0.25, 0.3) is 0 Å². The summed E-state index contributed by atoms with van der Waals surface area (Å²) in [5, 5.41) is 9.16. The van der Waals surface area contributed by atoms with E-state index in [1.54, 1.807) is 23.1 Å². The van der Waals surface area contributed by atoms with E-state index in [-0.39, 0.29) is 11.6 Å². The highest BCUT2D eigenvalue weighted by atomic mass is 16.4. The molecule has 0 spiro atoms. The first-order valence-electron chi connectivity index (χ1n) is 8.56. The van der Waals surface area contributed by atoms with Gasteiger partial charge in [-0.05, 0) is 49.1 Å². The van der Waals surface area contributed by atoms with Crippen molar-refractivity contribution in [3.05, 3.63) is 65.2 Å². The van der Waals surface area contributed by atoms with Crippen molar-refractivity contribution in [2.45, 2.75) is 26.3 Å². The summed E-state index contributed by atoms with van der Waals surface area (Å²) in [7, 11) is 0. The second-order valence-electron chi connectivity index (χ2n) is 6.19. The molecular formula is C20H22N2O3. The molecule has 0 saturated heterocycles. The van der Waals surface area contributed by atoms with Gasteiger partial charge in [-0.2, -0.15) is 0 Å². The van der Waals surface area contributed by atoms with Crippen LogP contribution in [0.4, 0.5) is 10.5 Å². The fourth-order valence-corrected chi connectivity index (χ4v) is 3.22. The molecular weight excluding hydrogens is 316 g/mol. The fourth-order valence-electron chi connectivity index (χ4n) is 3.22. The van der Waals surface area contributed by atoms with Crippen molar-refractivity contribution in [3.8, 4) is 0 Å². The highest BCUT2D eigenvalue weighted by Gasteiger charge is 2.26. The van der Waals surface area contributed by atoms with Crippen molar-refractivity contribution in [1.29, 1.82) is 0 Å². The number of aryl methyl sites for hydroxylation is 1. The second kappa shape index (κ2) is 7.38. The molecule has 0 aliphatic carbocycles. The minimum absolute atomic E-state index is 0.0321. The molecule has 2 amide bonds. The maximum atomic E-state index is 13.1. The first-order chi connectivity index (χ1) is 12.1. The van der Waals surface area contributed by atoms with Crippen LogP contribution in [-0.2, 0) is 13.0 Å². The summed E-state index contributed by atoms with van der Waals surface area (Å²) >= 11 is 0. The number of carbonyl (C=O) groups is 2. The molecule has 1 aliphatic rings. The quantitative estimate of drug-likeness (QED) is 0.923. The number of carboxylic acids is 1. The number of hydrogen-bond acceptors (Lipinski definition) is 2. The lowest BCUT2D eigenvalue weighted by Gasteiger charge is -2.34. The topological polar surface area (TPSA) is 60.9 Å². The van der Waals surface area contributed by atoms with E-state index in [1.165, 1.54) is 0 Å². The van der Waals surface area contributed by atoms with Crippen LogP contribution in [0, 0.1) is 0 Å². The molecule has 0 aromatic heterocycles. The van der Waals surface area contributed by atoms with Gasteiger partial charge in [0, 0.05) is 25.3 Å². The largest absolute Gasteiger partial charge is 0.478 e. The number of amides is 2. The SMILES string of the molecule is CCN(Cc1ccccc1)C(=O)N1CCCc2cc(C(=O)O)ccc21. The van der Waals surface area contributed by atoms with Gasteiger partial charge in [0.1, 0.15) is 0 Å². The van der Waals surface area contributed by atoms with Crippen LogP contribution in [-0.4, -0.2) is 35.1 Å². The van der Waals surface area contributed by atoms with E-state index >= 15 is 0 Å². The number of urea groups is 1. The Morgan fingerprint density at radius 3 is 2.60 bits per heavy atom. The molecule has 130 valence electrons. The molecule has 5 heteroatoms. The van der Waals surface area contributed by atoms with Gasteiger partial charge in [0.05, 0.1) is 5.56 Å². The Labute approximate surface area is 147 Å². The highest BCUT2D eigenvalue weighted by Crippen LogP contribution is 2.29. The fraction of sp³-hybridized carbons (Fsp3) is 0.300. The number of aromatic carboxylic acids is 1. The molecule has 0 fully saturated rings. The molecule has 0 atom stereocenters. The minimum Gasteiger partial charge on any atom is -0.478 e. The van der Waals surface area contributed by atoms with E-state index in [1.807, 2.05) is 42.2 Å². The predicted octanol–water partition coefficient (Wildman–Crippen LogP) is 3.78. The maximum Gasteiger partial charge on any atom is 0.335 e. The zero-order valence-corrected chi connectivity index (χ0v) is 14.3. The van der Waals surface area contributed by atoms with Crippen LogP contribution in [0.2, 0.25) is 0 Å². The van der Waals surface area contributed by atoms with E-state index in [2.05, 4.69) is 0 Å². The van der Waals surface area contributed by atoms with Gasteiger partial charge < -0.3 is 10.0 Å². The smallest absolute Gasteiger partial charge is 0.335 e. The Morgan fingerprint density at radius 1 is 1.16 bits per heavy atom. The van der Waals surface area contributed by atoms with Crippen LogP contribution in [0.15, 0.2) is 48.5 Å². The van der Waals surface area contributed by atoms with Gasteiger partial charge in [0.2, 0.25) is 0 Å². The molecule has 25 heavy (non-hydrogen) atoms. The minimum atomic E-state index is -0.939. The summed E-state index contributed by atoms with van der Waals surface area (Å²) in [6, 6.07) is 14.9. The van der Waals surface area contributed by atoms with Crippen molar-refractivity contribution in [3.63, 3.8) is 0 Å². The Kier molecular flexibility index (Phi) is 5.03. The number of carboxylic acid groups (broad SMARTS) is 1. The van der Waals surface area contributed by atoms with Crippen LogP contribution in [0.5, 0.6) is 0 Å². The first kappa shape index (κ1) is 17.0. The summed E-state index contributed by atoms with van der Waals surface area (Å²) < 4.78 is 0. The van der Waals surface area contributed by atoms with Gasteiger partial charge in [-0.15, -0.1) is 0 Å². The Hall–Kier alpha value is -2.82. The lowest BCUT2D eigenvalue weighted by atomic mass is 9.99. The second-order valence-corrected chi connectivity index (χ2v) is 6.19. The summed E-state index contributed by atoms with van der Waals surface area (Å²) in [4.78, 5) is 27.8. The zero-order chi connectivity index (χ0) is 17.8. The number of nitrogens with zero attached hydrogens (tertiary/aromatic N) is 2. The molecule has 3 rings (SSSR count). The lowest BCUT2D eigenvalue weighted by Crippen LogP contribution is -2.45. The molecule has 1 N–H and O–H groups in total. The molecule has 2 aromatic carbocycles. The van der Waals surface area contributed by atoms with Crippen molar-refractivity contribution >= 4 is 17.7 Å². The molecule has 0 bridgehead atoms. The lowest BCUT2D eigenvalue weighted by molar-refractivity contribution is 0.0696. The Balaban J connectivity index is 1.84. The van der Waals surface area contributed by atoms with Crippen molar-refractivity contribution in [2.24, 2.45) is 0 Å². The maximum absolute atomic E-state index is 13.1. The number of carbonyl (C=O) groups excluding carboxylic acids is 1. The van der Waals surface area contributed by atoms with E-state index in [4.69, 9.17) is 5.11 Å². The number of benzene rings is 2. The van der Waals surface area contributed by atoms with Crippen molar-refractivity contribution in [1.82, 2.24) is 4.90 Å². The Bertz CT molecular complexity index is 774. The Morgan fingerprint density at radius 2 is 1.92 bits per heavy atom. The molecule has 5 nitrogen and oxygen atoms in total.